The van der Waals surface area contributed by atoms with Crippen molar-refractivity contribution in [3.8, 4) is 0 Å². The molecule has 84 valence electrons. The summed E-state index contributed by atoms with van der Waals surface area (Å²) in [7, 11) is 0. The lowest BCUT2D eigenvalue weighted by Gasteiger charge is -2.08. The third kappa shape index (κ3) is 1.76. The number of pyridine rings is 1. The molecule has 4 nitrogen and oxygen atoms in total. The summed E-state index contributed by atoms with van der Waals surface area (Å²) in [6.07, 6.45) is 3.38. The summed E-state index contributed by atoms with van der Waals surface area (Å²) in [6.45, 7) is 3.36. The van der Waals surface area contributed by atoms with Gasteiger partial charge in [-0.15, -0.1) is 0 Å². The molecule has 1 amide bonds. The van der Waals surface area contributed by atoms with E-state index in [1.54, 1.807) is 23.7 Å². The standard InChI is InChI=1S/C11H12FN3O/c1-7-5-10(12)9(6-14-8(2)16)11-13-3-4-15(7)11/h3-5H,6H2,1-2H3,(H,14,16). The highest BCUT2D eigenvalue weighted by molar-refractivity contribution is 5.73. The summed E-state index contributed by atoms with van der Waals surface area (Å²) in [6, 6.07) is 1.44. The first kappa shape index (κ1) is 10.6. The first-order valence-corrected chi connectivity index (χ1v) is 4.95. The first-order valence-electron chi connectivity index (χ1n) is 4.95. The molecule has 0 radical (unpaired) electrons. The minimum absolute atomic E-state index is 0.155. The van der Waals surface area contributed by atoms with Crippen molar-refractivity contribution < 1.29 is 9.18 Å². The molecule has 2 aromatic rings. The van der Waals surface area contributed by atoms with Crippen LogP contribution in [0.5, 0.6) is 0 Å². The van der Waals surface area contributed by atoms with Crippen molar-refractivity contribution >= 4 is 11.6 Å². The fourth-order valence-corrected chi connectivity index (χ4v) is 1.63. The largest absolute Gasteiger partial charge is 0.352 e. The highest BCUT2D eigenvalue weighted by Gasteiger charge is 2.11. The van der Waals surface area contributed by atoms with Gasteiger partial charge in [0, 0.05) is 31.6 Å². The second-order valence-electron chi connectivity index (χ2n) is 3.64. The molecule has 0 aliphatic heterocycles. The van der Waals surface area contributed by atoms with E-state index in [1.165, 1.54) is 13.0 Å². The van der Waals surface area contributed by atoms with Gasteiger partial charge < -0.3 is 9.72 Å². The third-order valence-electron chi connectivity index (χ3n) is 2.43. The van der Waals surface area contributed by atoms with Crippen molar-refractivity contribution in [2.45, 2.75) is 20.4 Å². The Balaban J connectivity index is 2.50. The lowest BCUT2D eigenvalue weighted by atomic mass is 10.2. The van der Waals surface area contributed by atoms with Gasteiger partial charge in [0.05, 0.1) is 5.56 Å². The van der Waals surface area contributed by atoms with E-state index in [-0.39, 0.29) is 18.3 Å². The number of carbonyl (C=O) groups is 1. The fourth-order valence-electron chi connectivity index (χ4n) is 1.63. The fraction of sp³-hybridized carbons (Fsp3) is 0.273. The number of fused-ring (bicyclic) bond motifs is 1. The van der Waals surface area contributed by atoms with Gasteiger partial charge in [0.15, 0.2) is 0 Å². The number of amides is 1. The molecular formula is C11H12FN3O. The zero-order chi connectivity index (χ0) is 11.7. The quantitative estimate of drug-likeness (QED) is 0.833. The predicted molar refractivity (Wildman–Crippen MR) is 57.4 cm³/mol. The minimum atomic E-state index is -0.343. The van der Waals surface area contributed by atoms with Crippen LogP contribution in [0.15, 0.2) is 18.5 Å². The lowest BCUT2D eigenvalue weighted by molar-refractivity contribution is -0.119. The summed E-state index contributed by atoms with van der Waals surface area (Å²) < 4.78 is 15.5. The molecule has 0 saturated carbocycles. The Morgan fingerprint density at radius 3 is 3.06 bits per heavy atom. The van der Waals surface area contributed by atoms with Crippen LogP contribution in [0.1, 0.15) is 18.2 Å². The Bertz CT molecular complexity index is 547. The van der Waals surface area contributed by atoms with E-state index in [1.807, 2.05) is 0 Å². The van der Waals surface area contributed by atoms with Crippen LogP contribution in [0.4, 0.5) is 4.39 Å². The maximum atomic E-state index is 13.7. The van der Waals surface area contributed by atoms with Gasteiger partial charge in [-0.3, -0.25) is 4.79 Å². The molecule has 0 aliphatic rings. The zero-order valence-electron chi connectivity index (χ0n) is 9.12. The van der Waals surface area contributed by atoms with Gasteiger partial charge in [-0.25, -0.2) is 9.37 Å². The van der Waals surface area contributed by atoms with E-state index in [9.17, 15) is 9.18 Å². The van der Waals surface area contributed by atoms with Crippen LogP contribution in [-0.4, -0.2) is 15.3 Å². The van der Waals surface area contributed by atoms with Crippen molar-refractivity contribution in [1.29, 1.82) is 0 Å². The number of rotatable bonds is 2. The summed E-state index contributed by atoms with van der Waals surface area (Å²) in [5.41, 5.74) is 1.73. The molecule has 2 aromatic heterocycles. The average molecular weight is 221 g/mol. The van der Waals surface area contributed by atoms with Crippen LogP contribution >= 0.6 is 0 Å². The Morgan fingerprint density at radius 2 is 2.38 bits per heavy atom. The van der Waals surface area contributed by atoms with Crippen molar-refractivity contribution in [1.82, 2.24) is 14.7 Å². The monoisotopic (exact) mass is 221 g/mol. The molecule has 0 spiro atoms. The molecule has 0 aromatic carbocycles. The van der Waals surface area contributed by atoms with Crippen molar-refractivity contribution in [3.63, 3.8) is 0 Å². The van der Waals surface area contributed by atoms with Gasteiger partial charge in [-0.1, -0.05) is 0 Å². The Kier molecular flexibility index (Phi) is 2.60. The second-order valence-corrected chi connectivity index (χ2v) is 3.64. The van der Waals surface area contributed by atoms with E-state index < -0.39 is 0 Å². The van der Waals surface area contributed by atoms with Crippen LogP contribution in [0.25, 0.3) is 5.65 Å². The van der Waals surface area contributed by atoms with E-state index in [0.717, 1.165) is 5.69 Å². The number of hydrogen-bond acceptors (Lipinski definition) is 2. The molecule has 0 saturated heterocycles. The Hall–Kier alpha value is -1.91. The number of halogens is 1. The molecule has 5 heteroatoms. The molecule has 1 N–H and O–H groups in total. The van der Waals surface area contributed by atoms with Crippen LogP contribution in [0.2, 0.25) is 0 Å². The maximum absolute atomic E-state index is 13.7. The molecule has 0 fully saturated rings. The molecule has 0 unspecified atom stereocenters. The van der Waals surface area contributed by atoms with Crippen LogP contribution in [0, 0.1) is 12.7 Å². The number of hydrogen-bond donors (Lipinski definition) is 1. The van der Waals surface area contributed by atoms with Crippen molar-refractivity contribution in [3.05, 3.63) is 35.5 Å². The number of aromatic nitrogens is 2. The van der Waals surface area contributed by atoms with E-state index in [4.69, 9.17) is 0 Å². The second kappa shape index (κ2) is 3.92. The number of nitrogens with one attached hydrogen (secondary N) is 1. The van der Waals surface area contributed by atoms with Gasteiger partial charge in [0.2, 0.25) is 5.91 Å². The third-order valence-corrected chi connectivity index (χ3v) is 2.43. The Morgan fingerprint density at radius 1 is 1.62 bits per heavy atom. The smallest absolute Gasteiger partial charge is 0.217 e. The van der Waals surface area contributed by atoms with Crippen LogP contribution in [0.3, 0.4) is 0 Å². The number of carbonyl (C=O) groups excluding carboxylic acids is 1. The van der Waals surface area contributed by atoms with E-state index in [0.29, 0.717) is 11.2 Å². The summed E-state index contributed by atoms with van der Waals surface area (Å²) >= 11 is 0. The summed E-state index contributed by atoms with van der Waals surface area (Å²) in [5.74, 6) is -0.533. The molecule has 0 bridgehead atoms. The van der Waals surface area contributed by atoms with Gasteiger partial charge in [0.1, 0.15) is 11.5 Å². The van der Waals surface area contributed by atoms with Gasteiger partial charge in [0.25, 0.3) is 0 Å². The SMILES string of the molecule is CC(=O)NCc1c(F)cc(C)n2ccnc12. The number of imidazole rings is 1. The normalized spacial score (nSPS) is 10.7. The topological polar surface area (TPSA) is 46.4 Å². The molecule has 0 atom stereocenters. The van der Waals surface area contributed by atoms with E-state index in [2.05, 4.69) is 10.3 Å². The van der Waals surface area contributed by atoms with Gasteiger partial charge >= 0.3 is 0 Å². The number of nitrogens with zero attached hydrogens (tertiary/aromatic N) is 2. The molecule has 16 heavy (non-hydrogen) atoms. The Labute approximate surface area is 92.1 Å². The average Bonchev–Trinajstić information content (AvgIpc) is 2.65. The highest BCUT2D eigenvalue weighted by Crippen LogP contribution is 2.16. The lowest BCUT2D eigenvalue weighted by Crippen LogP contribution is -2.20. The van der Waals surface area contributed by atoms with Gasteiger partial charge in [-0.05, 0) is 13.0 Å². The van der Waals surface area contributed by atoms with Crippen molar-refractivity contribution in [2.24, 2.45) is 0 Å². The molecular weight excluding hydrogens is 209 g/mol. The van der Waals surface area contributed by atoms with Crippen LogP contribution in [-0.2, 0) is 11.3 Å². The zero-order valence-corrected chi connectivity index (χ0v) is 9.12. The highest BCUT2D eigenvalue weighted by atomic mass is 19.1. The van der Waals surface area contributed by atoms with Crippen LogP contribution < -0.4 is 5.32 Å². The minimum Gasteiger partial charge on any atom is -0.352 e. The summed E-state index contributed by atoms with van der Waals surface area (Å²) in [5, 5.41) is 2.57. The summed E-state index contributed by atoms with van der Waals surface area (Å²) in [4.78, 5) is 14.9. The molecule has 2 heterocycles. The molecule has 2 rings (SSSR count). The number of aryl methyl sites for hydroxylation is 1. The predicted octanol–water partition coefficient (Wildman–Crippen LogP) is 1.42. The van der Waals surface area contributed by atoms with Gasteiger partial charge in [-0.2, -0.15) is 0 Å². The first-order chi connectivity index (χ1) is 7.59. The van der Waals surface area contributed by atoms with E-state index >= 15 is 0 Å². The molecule has 0 aliphatic carbocycles. The maximum Gasteiger partial charge on any atom is 0.217 e. The van der Waals surface area contributed by atoms with Crippen molar-refractivity contribution in [2.75, 3.05) is 0 Å².